The van der Waals surface area contributed by atoms with E-state index in [0.717, 1.165) is 5.56 Å². The summed E-state index contributed by atoms with van der Waals surface area (Å²) >= 11 is 0. The molecular weight excluding hydrogens is 230 g/mol. The largest absolute Gasteiger partial charge is 0.478 e. The molecule has 0 radical (unpaired) electrons. The van der Waals surface area contributed by atoms with Crippen molar-refractivity contribution in [2.75, 3.05) is 0 Å². The van der Waals surface area contributed by atoms with Crippen molar-refractivity contribution in [2.24, 2.45) is 0 Å². The monoisotopic (exact) mass is 243 g/mol. The third-order valence-electron chi connectivity index (χ3n) is 2.53. The Kier molecular flexibility index (Phi) is 3.28. The highest BCUT2D eigenvalue weighted by Crippen LogP contribution is 2.22. The zero-order valence-electron chi connectivity index (χ0n) is 10.2. The Morgan fingerprint density at radius 2 is 2.00 bits per heavy atom. The second-order valence-electron chi connectivity index (χ2n) is 4.06. The predicted octanol–water partition coefficient (Wildman–Crippen LogP) is 3.19. The van der Waals surface area contributed by atoms with E-state index in [-0.39, 0.29) is 5.56 Å². The second-order valence-corrected chi connectivity index (χ2v) is 4.06. The fraction of sp³-hybridized carbons (Fsp3) is 0.143. The molecule has 0 saturated heterocycles. The van der Waals surface area contributed by atoms with Gasteiger partial charge in [-0.05, 0) is 43.2 Å². The van der Waals surface area contributed by atoms with E-state index in [9.17, 15) is 4.79 Å². The normalized spacial score (nSPS) is 10.1. The first-order valence-corrected chi connectivity index (χ1v) is 5.51. The number of aromatic carboxylic acids is 1. The van der Waals surface area contributed by atoms with Crippen molar-refractivity contribution in [1.29, 1.82) is 0 Å². The van der Waals surface area contributed by atoms with Gasteiger partial charge in [0.1, 0.15) is 5.75 Å². The molecule has 2 rings (SSSR count). The van der Waals surface area contributed by atoms with Gasteiger partial charge in [-0.25, -0.2) is 9.78 Å². The molecule has 0 aliphatic heterocycles. The highest BCUT2D eigenvalue weighted by molar-refractivity contribution is 5.89. The summed E-state index contributed by atoms with van der Waals surface area (Å²) < 4.78 is 5.54. The van der Waals surface area contributed by atoms with Crippen molar-refractivity contribution < 1.29 is 14.6 Å². The summed E-state index contributed by atoms with van der Waals surface area (Å²) in [6, 6.07) is 8.51. The van der Waals surface area contributed by atoms with Gasteiger partial charge in [-0.15, -0.1) is 0 Å². The number of ether oxygens (including phenoxy) is 1. The number of aromatic nitrogens is 1. The molecule has 2 aromatic rings. The summed E-state index contributed by atoms with van der Waals surface area (Å²) in [5.74, 6) is 0.129. The zero-order chi connectivity index (χ0) is 13.1. The lowest BCUT2D eigenvalue weighted by molar-refractivity contribution is 0.0696. The van der Waals surface area contributed by atoms with Crippen LogP contribution >= 0.6 is 0 Å². The van der Waals surface area contributed by atoms with Gasteiger partial charge < -0.3 is 9.84 Å². The van der Waals surface area contributed by atoms with Crippen molar-refractivity contribution >= 4 is 5.97 Å². The number of aryl methyl sites for hydroxylation is 2. The summed E-state index contributed by atoms with van der Waals surface area (Å²) in [6.07, 6.45) is 1.72. The van der Waals surface area contributed by atoms with E-state index in [1.807, 2.05) is 13.0 Å². The molecule has 0 aliphatic carbocycles. The second kappa shape index (κ2) is 4.87. The van der Waals surface area contributed by atoms with E-state index < -0.39 is 5.97 Å². The molecule has 0 amide bonds. The van der Waals surface area contributed by atoms with Crippen LogP contribution in [0.3, 0.4) is 0 Å². The van der Waals surface area contributed by atoms with Gasteiger partial charge in [0.25, 0.3) is 0 Å². The van der Waals surface area contributed by atoms with Gasteiger partial charge in [0, 0.05) is 12.3 Å². The molecule has 0 fully saturated rings. The molecule has 18 heavy (non-hydrogen) atoms. The topological polar surface area (TPSA) is 59.4 Å². The van der Waals surface area contributed by atoms with Crippen LogP contribution in [0, 0.1) is 13.8 Å². The fourth-order valence-electron chi connectivity index (χ4n) is 1.57. The van der Waals surface area contributed by atoms with Crippen LogP contribution in [0.1, 0.15) is 21.5 Å². The number of carboxylic acid groups (broad SMARTS) is 1. The van der Waals surface area contributed by atoms with Crippen molar-refractivity contribution in [2.45, 2.75) is 13.8 Å². The van der Waals surface area contributed by atoms with Gasteiger partial charge in [-0.1, -0.05) is 6.07 Å². The first-order valence-electron chi connectivity index (χ1n) is 5.51. The minimum Gasteiger partial charge on any atom is -0.478 e. The summed E-state index contributed by atoms with van der Waals surface area (Å²) in [6.45, 7) is 3.68. The molecule has 1 heterocycles. The number of carboxylic acids is 1. The van der Waals surface area contributed by atoms with Crippen LogP contribution in [0.4, 0.5) is 0 Å². The van der Waals surface area contributed by atoms with Crippen LogP contribution in [0.25, 0.3) is 0 Å². The van der Waals surface area contributed by atoms with E-state index in [2.05, 4.69) is 4.98 Å². The fourth-order valence-corrected chi connectivity index (χ4v) is 1.57. The van der Waals surface area contributed by atoms with Crippen LogP contribution in [-0.2, 0) is 0 Å². The quantitative estimate of drug-likeness (QED) is 0.899. The lowest BCUT2D eigenvalue weighted by atomic mass is 10.1. The number of carbonyl (C=O) groups is 1. The average Bonchev–Trinajstić information content (AvgIpc) is 2.32. The molecule has 1 aromatic carbocycles. The Balaban J connectivity index is 2.22. The van der Waals surface area contributed by atoms with Crippen LogP contribution in [0.15, 0.2) is 36.5 Å². The smallest absolute Gasteiger partial charge is 0.335 e. The Morgan fingerprint density at radius 1 is 1.22 bits per heavy atom. The van der Waals surface area contributed by atoms with Crippen LogP contribution < -0.4 is 4.74 Å². The third kappa shape index (κ3) is 2.66. The summed E-state index contributed by atoms with van der Waals surface area (Å²) in [5.41, 5.74) is 1.99. The predicted molar refractivity (Wildman–Crippen MR) is 67.2 cm³/mol. The number of benzene rings is 1. The maximum absolute atomic E-state index is 10.9. The first kappa shape index (κ1) is 12.1. The maximum atomic E-state index is 10.9. The molecule has 4 nitrogen and oxygen atoms in total. The molecule has 0 saturated carbocycles. The Hall–Kier alpha value is -2.36. The van der Waals surface area contributed by atoms with E-state index in [1.54, 1.807) is 31.3 Å². The Morgan fingerprint density at radius 3 is 2.56 bits per heavy atom. The summed E-state index contributed by atoms with van der Waals surface area (Å²) in [4.78, 5) is 15.0. The maximum Gasteiger partial charge on any atom is 0.335 e. The van der Waals surface area contributed by atoms with Crippen molar-refractivity contribution in [1.82, 2.24) is 4.98 Å². The lowest BCUT2D eigenvalue weighted by Gasteiger charge is -2.07. The lowest BCUT2D eigenvalue weighted by Crippen LogP contribution is -1.99. The zero-order valence-corrected chi connectivity index (χ0v) is 10.2. The van der Waals surface area contributed by atoms with Crippen molar-refractivity contribution in [3.05, 3.63) is 53.2 Å². The van der Waals surface area contributed by atoms with E-state index in [4.69, 9.17) is 9.84 Å². The number of hydrogen-bond donors (Lipinski definition) is 1. The average molecular weight is 243 g/mol. The number of pyridine rings is 1. The third-order valence-corrected chi connectivity index (χ3v) is 2.53. The molecule has 0 atom stereocenters. The Labute approximate surface area is 105 Å². The minimum atomic E-state index is -0.937. The van der Waals surface area contributed by atoms with E-state index >= 15 is 0 Å². The highest BCUT2D eigenvalue weighted by Gasteiger charge is 2.08. The van der Waals surface area contributed by atoms with Gasteiger partial charge >= 0.3 is 5.97 Å². The molecule has 1 N–H and O–H groups in total. The minimum absolute atomic E-state index is 0.277. The van der Waals surface area contributed by atoms with Gasteiger partial charge in [0.2, 0.25) is 5.88 Å². The Bertz CT molecular complexity index is 576. The number of hydrogen-bond acceptors (Lipinski definition) is 3. The highest BCUT2D eigenvalue weighted by atomic mass is 16.5. The van der Waals surface area contributed by atoms with Gasteiger partial charge in [0.05, 0.1) is 5.56 Å². The molecule has 0 unspecified atom stereocenters. The van der Waals surface area contributed by atoms with Crippen molar-refractivity contribution in [3.63, 3.8) is 0 Å². The standard InChI is InChI=1S/C14H13NO3/c1-9-3-6-13(15-8-9)18-11-4-5-12(14(16)17)10(2)7-11/h3-8H,1-2H3,(H,16,17). The number of nitrogens with zero attached hydrogens (tertiary/aromatic N) is 1. The molecule has 0 bridgehead atoms. The first-order chi connectivity index (χ1) is 8.56. The van der Waals surface area contributed by atoms with Crippen LogP contribution in [0.2, 0.25) is 0 Å². The summed E-state index contributed by atoms with van der Waals surface area (Å²) in [7, 11) is 0. The van der Waals surface area contributed by atoms with Crippen LogP contribution in [-0.4, -0.2) is 16.1 Å². The summed E-state index contributed by atoms with van der Waals surface area (Å²) in [5, 5.41) is 8.92. The molecule has 92 valence electrons. The molecule has 4 heteroatoms. The van der Waals surface area contributed by atoms with Crippen LogP contribution in [0.5, 0.6) is 11.6 Å². The van der Waals surface area contributed by atoms with E-state index in [0.29, 0.717) is 17.2 Å². The molecule has 0 spiro atoms. The van der Waals surface area contributed by atoms with Gasteiger partial charge in [0.15, 0.2) is 0 Å². The number of rotatable bonds is 3. The van der Waals surface area contributed by atoms with Gasteiger partial charge in [-0.2, -0.15) is 0 Å². The molecule has 1 aromatic heterocycles. The SMILES string of the molecule is Cc1ccc(Oc2ccc(C(=O)O)c(C)c2)nc1. The molecular formula is C14H13NO3. The van der Waals surface area contributed by atoms with E-state index in [1.165, 1.54) is 6.07 Å². The molecule has 0 aliphatic rings. The van der Waals surface area contributed by atoms with Crippen molar-refractivity contribution in [3.8, 4) is 11.6 Å². The van der Waals surface area contributed by atoms with Gasteiger partial charge in [-0.3, -0.25) is 0 Å².